The van der Waals surface area contributed by atoms with E-state index in [9.17, 15) is 32.3 Å². The van der Waals surface area contributed by atoms with Crippen LogP contribution in [0, 0.1) is 30.2 Å². The zero-order chi connectivity index (χ0) is 31.1. The summed E-state index contributed by atoms with van der Waals surface area (Å²) in [4.78, 5) is 25.4. The first-order valence-corrected chi connectivity index (χ1v) is 12.2. The third-order valence-electron chi connectivity index (χ3n) is 6.32. The number of benzene rings is 4. The zero-order valence-electron chi connectivity index (χ0n) is 22.3. The van der Waals surface area contributed by atoms with Gasteiger partial charge in [-0.25, -0.2) is 22.4 Å². The van der Waals surface area contributed by atoms with Crippen molar-refractivity contribution in [2.75, 3.05) is 5.73 Å². The summed E-state index contributed by atoms with van der Waals surface area (Å²) >= 11 is 0. The fourth-order valence-electron chi connectivity index (χ4n) is 4.18. The monoisotopic (exact) mass is 580 g/mol. The normalized spacial score (nSPS) is 10.3. The second-order valence-electron chi connectivity index (χ2n) is 9.12. The Morgan fingerprint density at radius 2 is 1.38 bits per heavy atom. The van der Waals surface area contributed by atoms with Crippen LogP contribution in [-0.4, -0.2) is 22.0 Å². The molecular formula is C30H24F4N4O4. The van der Waals surface area contributed by atoms with Crippen LogP contribution in [0.5, 0.6) is 5.75 Å². The maximum absolute atomic E-state index is 14.6. The summed E-state index contributed by atoms with van der Waals surface area (Å²) in [5, 5.41) is 21.7. The second-order valence-corrected chi connectivity index (χ2v) is 9.12. The SMILES string of the molecule is CC(=O)c1cc(C)c(N=[N+]=[N-])c(F)c1Cc1ccccc1F.Nc1c(O)cc(C(=O)O)c(Cc2ccccc2F)c1F. The molecule has 0 spiro atoms. The smallest absolute Gasteiger partial charge is 0.336 e. The number of nitrogen functional groups attached to an aromatic ring is 1. The number of phenols is 1. The van der Waals surface area contributed by atoms with Crippen molar-refractivity contribution in [1.29, 1.82) is 0 Å². The van der Waals surface area contributed by atoms with Crippen LogP contribution in [0.15, 0.2) is 65.8 Å². The lowest BCUT2D eigenvalue weighted by atomic mass is 9.94. The first kappa shape index (κ1) is 31.2. The zero-order valence-corrected chi connectivity index (χ0v) is 22.3. The number of azide groups is 1. The number of nitrogens with two attached hydrogens (primary N) is 1. The van der Waals surface area contributed by atoms with E-state index in [-0.39, 0.29) is 52.1 Å². The predicted molar refractivity (Wildman–Crippen MR) is 148 cm³/mol. The average molecular weight is 581 g/mol. The molecule has 8 nitrogen and oxygen atoms in total. The van der Waals surface area contributed by atoms with Gasteiger partial charge in [-0.1, -0.05) is 41.5 Å². The van der Waals surface area contributed by atoms with E-state index in [1.165, 1.54) is 49.4 Å². The Balaban J connectivity index is 0.000000231. The molecule has 0 radical (unpaired) electrons. The number of rotatable bonds is 7. The maximum atomic E-state index is 14.6. The maximum Gasteiger partial charge on any atom is 0.336 e. The molecule has 0 aromatic heterocycles. The molecule has 0 heterocycles. The molecule has 0 aliphatic heterocycles. The molecule has 0 unspecified atom stereocenters. The van der Waals surface area contributed by atoms with Crippen LogP contribution < -0.4 is 5.73 Å². The van der Waals surface area contributed by atoms with Gasteiger partial charge in [0.05, 0.1) is 11.3 Å². The van der Waals surface area contributed by atoms with Crippen LogP contribution in [0.25, 0.3) is 10.4 Å². The molecule has 0 aliphatic carbocycles. The fourth-order valence-corrected chi connectivity index (χ4v) is 4.18. The molecule has 4 N–H and O–H groups in total. The van der Waals surface area contributed by atoms with Crippen molar-refractivity contribution in [3.8, 4) is 5.75 Å². The summed E-state index contributed by atoms with van der Waals surface area (Å²) < 4.78 is 56.0. The van der Waals surface area contributed by atoms with Crippen molar-refractivity contribution in [2.45, 2.75) is 26.7 Å². The molecule has 0 fully saturated rings. The van der Waals surface area contributed by atoms with E-state index < -0.39 is 46.2 Å². The number of aromatic carboxylic acids is 1. The highest BCUT2D eigenvalue weighted by molar-refractivity contribution is 5.96. The van der Waals surface area contributed by atoms with E-state index in [2.05, 4.69) is 10.0 Å². The number of phenolic OH excluding ortho intramolecular Hbond substituents is 1. The molecule has 0 bridgehead atoms. The van der Waals surface area contributed by atoms with Gasteiger partial charge in [0.1, 0.15) is 28.9 Å². The summed E-state index contributed by atoms with van der Waals surface area (Å²) in [7, 11) is 0. The molecule has 12 heteroatoms. The molecule has 216 valence electrons. The molecular weight excluding hydrogens is 556 g/mol. The van der Waals surface area contributed by atoms with E-state index in [1.807, 2.05) is 0 Å². The van der Waals surface area contributed by atoms with Crippen molar-refractivity contribution in [1.82, 2.24) is 0 Å². The number of nitrogens with zero attached hydrogens (tertiary/aromatic N) is 3. The number of carboxylic acid groups (broad SMARTS) is 1. The lowest BCUT2D eigenvalue weighted by molar-refractivity contribution is 0.0694. The molecule has 4 rings (SSSR count). The number of aromatic hydroxyl groups is 1. The predicted octanol–water partition coefficient (Wildman–Crippen LogP) is 7.55. The van der Waals surface area contributed by atoms with E-state index in [4.69, 9.17) is 16.4 Å². The van der Waals surface area contributed by atoms with Gasteiger partial charge in [-0.15, -0.1) is 0 Å². The summed E-state index contributed by atoms with van der Waals surface area (Å²) in [5.74, 6) is -5.31. The summed E-state index contributed by atoms with van der Waals surface area (Å²) in [5.41, 5.74) is 13.4. The first-order valence-electron chi connectivity index (χ1n) is 12.2. The van der Waals surface area contributed by atoms with Gasteiger partial charge >= 0.3 is 5.97 Å². The second kappa shape index (κ2) is 13.3. The van der Waals surface area contributed by atoms with E-state index in [0.29, 0.717) is 5.56 Å². The Hall–Kier alpha value is -5.35. The Morgan fingerprint density at radius 3 is 1.83 bits per heavy atom. The van der Waals surface area contributed by atoms with Gasteiger partial charge in [-0.2, -0.15) is 0 Å². The van der Waals surface area contributed by atoms with Crippen molar-refractivity contribution < 1.29 is 37.4 Å². The van der Waals surface area contributed by atoms with Gasteiger partial charge in [-0.05, 0) is 60.3 Å². The van der Waals surface area contributed by atoms with Crippen molar-refractivity contribution in [3.05, 3.63) is 133 Å². The van der Waals surface area contributed by atoms with Crippen molar-refractivity contribution >= 4 is 23.1 Å². The van der Waals surface area contributed by atoms with Crippen LogP contribution in [0.4, 0.5) is 28.9 Å². The molecule has 0 saturated carbocycles. The topological polar surface area (TPSA) is 149 Å². The number of carbonyl (C=O) groups excluding carboxylic acids is 1. The fraction of sp³-hybridized carbons (Fsp3) is 0.133. The van der Waals surface area contributed by atoms with Gasteiger partial charge in [0.25, 0.3) is 0 Å². The first-order chi connectivity index (χ1) is 19.9. The Morgan fingerprint density at radius 1 is 0.881 bits per heavy atom. The molecule has 0 atom stereocenters. The summed E-state index contributed by atoms with van der Waals surface area (Å²) in [6.07, 6.45) is -0.369. The minimum atomic E-state index is -1.43. The third-order valence-corrected chi connectivity index (χ3v) is 6.32. The van der Waals surface area contributed by atoms with E-state index in [1.54, 1.807) is 19.1 Å². The highest BCUT2D eigenvalue weighted by Gasteiger charge is 2.22. The van der Waals surface area contributed by atoms with Gasteiger partial charge in [0, 0.05) is 34.4 Å². The van der Waals surface area contributed by atoms with Crippen LogP contribution in [0.1, 0.15) is 55.5 Å². The van der Waals surface area contributed by atoms with Crippen molar-refractivity contribution in [2.24, 2.45) is 5.11 Å². The van der Waals surface area contributed by atoms with Crippen LogP contribution in [0.2, 0.25) is 0 Å². The molecule has 42 heavy (non-hydrogen) atoms. The minimum Gasteiger partial charge on any atom is -0.506 e. The molecule has 4 aromatic carbocycles. The van der Waals surface area contributed by atoms with Crippen LogP contribution in [0.3, 0.4) is 0 Å². The molecule has 4 aromatic rings. The molecule has 0 aliphatic rings. The van der Waals surface area contributed by atoms with Gasteiger partial charge in [0.15, 0.2) is 11.6 Å². The Labute approximate surface area is 237 Å². The highest BCUT2D eigenvalue weighted by Crippen LogP contribution is 2.32. The number of Topliss-reactive ketones (excluding diaryl/α,β-unsaturated/α-hetero) is 1. The minimum absolute atomic E-state index is 0.0330. The number of hydrogen-bond donors (Lipinski definition) is 3. The Kier molecular flexibility index (Phi) is 9.90. The van der Waals surface area contributed by atoms with Crippen LogP contribution >= 0.6 is 0 Å². The van der Waals surface area contributed by atoms with E-state index in [0.717, 1.165) is 6.07 Å². The van der Waals surface area contributed by atoms with Crippen LogP contribution in [-0.2, 0) is 12.8 Å². The third kappa shape index (κ3) is 6.86. The average Bonchev–Trinajstić information content (AvgIpc) is 2.94. The quantitative estimate of drug-likeness (QED) is 0.0392. The number of aryl methyl sites for hydroxylation is 1. The van der Waals surface area contributed by atoms with Crippen molar-refractivity contribution in [3.63, 3.8) is 0 Å². The number of anilines is 1. The standard InChI is InChI=1S/C16H13F2N3O.C14H11F2NO3/c1-9-7-12(10(2)22)13(15(18)16(9)20-21-19)8-11-5-3-4-6-14(11)17;15-10-4-2-1-3-7(10)5-8-9(14(19)20)6-11(18)13(17)12(8)16/h3-7H,8H2,1-2H3;1-4,6,18H,5,17H2,(H,19,20). The number of carboxylic acids is 1. The summed E-state index contributed by atoms with van der Waals surface area (Å²) in [6.45, 7) is 2.86. The Bertz CT molecular complexity index is 1740. The highest BCUT2D eigenvalue weighted by atomic mass is 19.1. The lowest BCUT2D eigenvalue weighted by Gasteiger charge is -2.13. The number of ketones is 1. The number of carbonyl (C=O) groups is 2. The molecule has 0 amide bonds. The molecule has 0 saturated heterocycles. The lowest BCUT2D eigenvalue weighted by Crippen LogP contribution is -2.09. The van der Waals surface area contributed by atoms with Gasteiger partial charge < -0.3 is 15.9 Å². The number of hydrogen-bond acceptors (Lipinski definition) is 5. The van der Waals surface area contributed by atoms with Gasteiger partial charge in [0.2, 0.25) is 0 Å². The number of halogens is 4. The largest absolute Gasteiger partial charge is 0.506 e. The van der Waals surface area contributed by atoms with E-state index >= 15 is 0 Å². The van der Waals surface area contributed by atoms with Gasteiger partial charge in [-0.3, -0.25) is 4.79 Å². The summed E-state index contributed by atoms with van der Waals surface area (Å²) in [6, 6.07) is 13.9.